The first-order valence-electron chi connectivity index (χ1n) is 8.11. The summed E-state index contributed by atoms with van der Waals surface area (Å²) in [4.78, 5) is 26.2. The Balaban J connectivity index is 1.91. The number of hydrogen-bond acceptors (Lipinski definition) is 3. The van der Waals surface area contributed by atoms with Crippen molar-refractivity contribution in [1.29, 1.82) is 0 Å². The van der Waals surface area contributed by atoms with E-state index in [9.17, 15) is 9.59 Å². The van der Waals surface area contributed by atoms with Gasteiger partial charge in [-0.25, -0.2) is 0 Å². The van der Waals surface area contributed by atoms with E-state index in [1.165, 1.54) is 0 Å². The molecular weight excluding hydrogens is 278 g/mol. The van der Waals surface area contributed by atoms with E-state index in [1.54, 1.807) is 23.9 Å². The molecule has 1 fully saturated rings. The zero-order valence-corrected chi connectivity index (χ0v) is 13.8. The molecule has 1 aromatic rings. The quantitative estimate of drug-likeness (QED) is 0.894. The number of hydrogen-bond donors (Lipinski definition) is 1. The Morgan fingerprint density at radius 2 is 2.23 bits per heavy atom. The van der Waals surface area contributed by atoms with Crippen molar-refractivity contribution >= 4 is 5.91 Å². The maximum Gasteiger partial charge on any atom is 0.250 e. The summed E-state index contributed by atoms with van der Waals surface area (Å²) in [6.07, 6.45) is 3.79. The van der Waals surface area contributed by atoms with Gasteiger partial charge in [0, 0.05) is 38.9 Å². The third-order valence-corrected chi connectivity index (χ3v) is 4.14. The lowest BCUT2D eigenvalue weighted by Gasteiger charge is -2.32. The molecule has 1 saturated heterocycles. The number of likely N-dealkylation sites (tertiary alicyclic amines) is 1. The first-order chi connectivity index (χ1) is 10.5. The van der Waals surface area contributed by atoms with E-state index in [1.807, 2.05) is 6.07 Å². The summed E-state index contributed by atoms with van der Waals surface area (Å²) in [5, 5.41) is 3.03. The molecule has 1 amide bonds. The summed E-state index contributed by atoms with van der Waals surface area (Å²) in [6.45, 7) is 7.45. The number of aromatic nitrogens is 1. The van der Waals surface area contributed by atoms with Crippen molar-refractivity contribution < 1.29 is 4.79 Å². The molecule has 22 heavy (non-hydrogen) atoms. The van der Waals surface area contributed by atoms with Crippen molar-refractivity contribution in [3.05, 3.63) is 34.2 Å². The Hall–Kier alpha value is -1.62. The van der Waals surface area contributed by atoms with E-state index in [-0.39, 0.29) is 17.4 Å². The number of rotatable bonds is 5. The predicted molar refractivity (Wildman–Crippen MR) is 87.5 cm³/mol. The van der Waals surface area contributed by atoms with Crippen LogP contribution in [0.2, 0.25) is 0 Å². The molecule has 0 radical (unpaired) electrons. The molecule has 1 aromatic heterocycles. The molecule has 0 spiro atoms. The van der Waals surface area contributed by atoms with Crippen LogP contribution in [0.4, 0.5) is 0 Å². The number of amides is 1. The minimum Gasteiger partial charge on any atom is -0.356 e. The molecule has 2 rings (SSSR count). The average molecular weight is 305 g/mol. The summed E-state index contributed by atoms with van der Waals surface area (Å²) in [7, 11) is 1.75. The van der Waals surface area contributed by atoms with Crippen molar-refractivity contribution in [2.24, 2.45) is 18.9 Å². The molecule has 0 bridgehead atoms. The Morgan fingerprint density at radius 3 is 2.91 bits per heavy atom. The predicted octanol–water partition coefficient (Wildman–Crippen LogP) is 1.37. The SMILES string of the molecule is CC(C)CNC(=O)[C@@H]1CCCN(Cc2ccn(C)c(=O)c2)C1. The minimum atomic E-state index is 0.0146. The van der Waals surface area contributed by atoms with Gasteiger partial charge in [0.1, 0.15) is 0 Å². The molecule has 1 aliphatic heterocycles. The molecule has 122 valence electrons. The highest BCUT2D eigenvalue weighted by atomic mass is 16.2. The van der Waals surface area contributed by atoms with Crippen LogP contribution < -0.4 is 10.9 Å². The van der Waals surface area contributed by atoms with Crippen LogP contribution in [0.25, 0.3) is 0 Å². The van der Waals surface area contributed by atoms with Crippen LogP contribution in [0.1, 0.15) is 32.3 Å². The molecule has 1 aliphatic rings. The first kappa shape index (κ1) is 16.7. The first-order valence-corrected chi connectivity index (χ1v) is 8.11. The van der Waals surface area contributed by atoms with Gasteiger partial charge in [-0.3, -0.25) is 14.5 Å². The molecular formula is C17H27N3O2. The number of nitrogens with zero attached hydrogens (tertiary/aromatic N) is 2. The molecule has 0 unspecified atom stereocenters. The zero-order chi connectivity index (χ0) is 16.1. The number of piperidine rings is 1. The van der Waals surface area contributed by atoms with Gasteiger partial charge in [0.15, 0.2) is 0 Å². The Bertz CT molecular complexity index is 565. The lowest BCUT2D eigenvalue weighted by molar-refractivity contribution is -0.126. The van der Waals surface area contributed by atoms with Crippen molar-refractivity contribution in [2.75, 3.05) is 19.6 Å². The molecule has 0 aromatic carbocycles. The van der Waals surface area contributed by atoms with Crippen molar-refractivity contribution in [3.8, 4) is 0 Å². The number of pyridine rings is 1. The fourth-order valence-corrected chi connectivity index (χ4v) is 2.81. The minimum absolute atomic E-state index is 0.0146. The summed E-state index contributed by atoms with van der Waals surface area (Å²) in [5.41, 5.74) is 1.03. The van der Waals surface area contributed by atoms with Gasteiger partial charge in [-0.15, -0.1) is 0 Å². The lowest BCUT2D eigenvalue weighted by Crippen LogP contribution is -2.43. The van der Waals surface area contributed by atoms with E-state index >= 15 is 0 Å². The van der Waals surface area contributed by atoms with Gasteiger partial charge in [-0.05, 0) is 36.9 Å². The van der Waals surface area contributed by atoms with Gasteiger partial charge >= 0.3 is 0 Å². The van der Waals surface area contributed by atoms with Crippen LogP contribution in [0.5, 0.6) is 0 Å². The number of aryl methyl sites for hydroxylation is 1. The lowest BCUT2D eigenvalue weighted by atomic mass is 9.96. The van der Waals surface area contributed by atoms with Crippen LogP contribution in [0.3, 0.4) is 0 Å². The van der Waals surface area contributed by atoms with Crippen LogP contribution in [0.15, 0.2) is 23.1 Å². The second-order valence-electron chi connectivity index (χ2n) is 6.70. The third-order valence-electron chi connectivity index (χ3n) is 4.14. The third kappa shape index (κ3) is 4.70. The van der Waals surface area contributed by atoms with E-state index < -0.39 is 0 Å². The summed E-state index contributed by atoms with van der Waals surface area (Å²) >= 11 is 0. The van der Waals surface area contributed by atoms with Crippen LogP contribution in [0, 0.1) is 11.8 Å². The van der Waals surface area contributed by atoms with E-state index in [4.69, 9.17) is 0 Å². The smallest absolute Gasteiger partial charge is 0.250 e. The molecule has 0 saturated carbocycles. The standard InChI is InChI=1S/C17H27N3O2/c1-13(2)10-18-17(22)15-5-4-7-20(12-15)11-14-6-8-19(3)16(21)9-14/h6,8-9,13,15H,4-5,7,10-12H2,1-3H3,(H,18,22)/t15-/m1/s1. The van der Waals surface area contributed by atoms with Gasteiger partial charge < -0.3 is 9.88 Å². The number of nitrogens with one attached hydrogen (secondary N) is 1. The van der Waals surface area contributed by atoms with E-state index in [2.05, 4.69) is 24.1 Å². The maximum atomic E-state index is 12.2. The Kier molecular flexibility index (Phi) is 5.77. The van der Waals surface area contributed by atoms with Crippen molar-refractivity contribution in [1.82, 2.24) is 14.8 Å². The van der Waals surface area contributed by atoms with Crippen molar-refractivity contribution in [2.45, 2.75) is 33.2 Å². The summed E-state index contributed by atoms with van der Waals surface area (Å²) in [5.74, 6) is 0.714. The highest BCUT2D eigenvalue weighted by Crippen LogP contribution is 2.18. The Morgan fingerprint density at radius 1 is 1.45 bits per heavy atom. The topological polar surface area (TPSA) is 54.3 Å². The monoisotopic (exact) mass is 305 g/mol. The molecule has 0 aliphatic carbocycles. The van der Waals surface area contributed by atoms with Crippen molar-refractivity contribution in [3.63, 3.8) is 0 Å². The second kappa shape index (κ2) is 7.58. The Labute approximate surface area is 132 Å². The summed E-state index contributed by atoms with van der Waals surface area (Å²) in [6, 6.07) is 3.66. The van der Waals surface area contributed by atoms with Crippen LogP contribution >= 0.6 is 0 Å². The number of carbonyl (C=O) groups excluding carboxylic acids is 1. The second-order valence-corrected chi connectivity index (χ2v) is 6.70. The van der Waals surface area contributed by atoms with Gasteiger partial charge in [0.25, 0.3) is 5.56 Å². The zero-order valence-electron chi connectivity index (χ0n) is 13.8. The van der Waals surface area contributed by atoms with Crippen LogP contribution in [-0.2, 0) is 18.4 Å². The van der Waals surface area contributed by atoms with Gasteiger partial charge in [0.05, 0.1) is 5.92 Å². The number of carbonyl (C=O) groups is 1. The van der Waals surface area contributed by atoms with Gasteiger partial charge in [0.2, 0.25) is 5.91 Å². The largest absolute Gasteiger partial charge is 0.356 e. The molecule has 5 heteroatoms. The van der Waals surface area contributed by atoms with E-state index in [0.717, 1.165) is 44.6 Å². The average Bonchev–Trinajstić information content (AvgIpc) is 2.49. The van der Waals surface area contributed by atoms with Crippen LogP contribution in [-0.4, -0.2) is 35.0 Å². The highest BCUT2D eigenvalue weighted by molar-refractivity contribution is 5.78. The van der Waals surface area contributed by atoms with E-state index in [0.29, 0.717) is 5.92 Å². The van der Waals surface area contributed by atoms with Gasteiger partial charge in [-0.2, -0.15) is 0 Å². The van der Waals surface area contributed by atoms with Gasteiger partial charge in [-0.1, -0.05) is 13.8 Å². The fraction of sp³-hybridized carbons (Fsp3) is 0.647. The molecule has 5 nitrogen and oxygen atoms in total. The fourth-order valence-electron chi connectivity index (χ4n) is 2.81. The normalized spacial score (nSPS) is 19.4. The summed E-state index contributed by atoms with van der Waals surface area (Å²) < 4.78 is 1.57. The highest BCUT2D eigenvalue weighted by Gasteiger charge is 2.25. The molecule has 1 N–H and O–H groups in total. The molecule has 1 atom stereocenters. The maximum absolute atomic E-state index is 12.2. The molecule has 2 heterocycles.